The zero-order valence-corrected chi connectivity index (χ0v) is 16.1. The van der Waals surface area contributed by atoms with Crippen molar-refractivity contribution in [3.05, 3.63) is 42.1 Å². The van der Waals surface area contributed by atoms with Gasteiger partial charge in [0.1, 0.15) is 6.10 Å². The number of fused-ring (bicyclic) bond motifs is 3. The van der Waals surface area contributed by atoms with Crippen LogP contribution in [0, 0.1) is 0 Å². The van der Waals surface area contributed by atoms with Crippen LogP contribution in [0.1, 0.15) is 23.2 Å². The summed E-state index contributed by atoms with van der Waals surface area (Å²) in [6, 6.07) is 9.66. The van der Waals surface area contributed by atoms with Crippen molar-refractivity contribution in [3.63, 3.8) is 0 Å². The first-order chi connectivity index (χ1) is 14.2. The average Bonchev–Trinajstić information content (AvgIpc) is 3.02. The second-order valence-electron chi connectivity index (χ2n) is 6.93. The number of carbonyl (C=O) groups is 2. The predicted octanol–water partition coefficient (Wildman–Crippen LogP) is 2.89. The van der Waals surface area contributed by atoms with Gasteiger partial charge < -0.3 is 19.5 Å². The molecule has 2 aromatic rings. The van der Waals surface area contributed by atoms with Gasteiger partial charge in [-0.3, -0.25) is 9.78 Å². The number of rotatable bonds is 2. The highest BCUT2D eigenvalue weighted by Gasteiger charge is 2.44. The zero-order chi connectivity index (χ0) is 21.9. The van der Waals surface area contributed by atoms with Crippen LogP contribution >= 0.6 is 0 Å². The highest BCUT2D eigenvalue weighted by Crippen LogP contribution is 2.33. The van der Waals surface area contributed by atoms with E-state index in [2.05, 4.69) is 4.98 Å². The standard InChI is InChI=1S/C18H20N2O3.C2HF3O2/c1-22-17-15-6-7-16(17)23-11-10-20(15)18(21)13-8-9-19-14-5-3-2-4-12(13)14;3-2(4,5)1(6)7/h2-5,8-9,15-17H,6-7,10-11H2,1H3;(H,6,7). The number of para-hydroxylation sites is 1. The van der Waals surface area contributed by atoms with Gasteiger partial charge in [0.15, 0.2) is 0 Å². The summed E-state index contributed by atoms with van der Waals surface area (Å²) < 4.78 is 43.2. The Morgan fingerprint density at radius 1 is 1.23 bits per heavy atom. The minimum absolute atomic E-state index is 0.0328. The van der Waals surface area contributed by atoms with Crippen molar-refractivity contribution in [1.29, 1.82) is 0 Å². The molecule has 1 saturated carbocycles. The molecule has 4 rings (SSSR count). The number of carboxylic acid groups (broad SMARTS) is 1. The average molecular weight is 426 g/mol. The molecular weight excluding hydrogens is 405 g/mol. The van der Waals surface area contributed by atoms with Crippen molar-refractivity contribution in [2.75, 3.05) is 20.3 Å². The molecule has 1 aromatic heterocycles. The normalized spacial score (nSPS) is 23.5. The third-order valence-electron chi connectivity index (χ3n) is 5.21. The Hall–Kier alpha value is -2.72. The summed E-state index contributed by atoms with van der Waals surface area (Å²) >= 11 is 0. The van der Waals surface area contributed by atoms with E-state index in [4.69, 9.17) is 19.4 Å². The molecular formula is C20H21F3N2O5. The maximum Gasteiger partial charge on any atom is 0.490 e. The first-order valence-electron chi connectivity index (χ1n) is 9.33. The van der Waals surface area contributed by atoms with E-state index in [9.17, 15) is 18.0 Å². The maximum atomic E-state index is 13.2. The number of hydrogen-bond donors (Lipinski definition) is 1. The summed E-state index contributed by atoms with van der Waals surface area (Å²) in [5.41, 5.74) is 1.55. The van der Waals surface area contributed by atoms with Gasteiger partial charge in [-0.05, 0) is 25.0 Å². The topological polar surface area (TPSA) is 89.0 Å². The molecule has 1 saturated heterocycles. The molecule has 10 heteroatoms. The molecule has 2 aliphatic rings. The van der Waals surface area contributed by atoms with Crippen LogP contribution in [0.4, 0.5) is 13.2 Å². The van der Waals surface area contributed by atoms with Gasteiger partial charge in [0.25, 0.3) is 5.91 Å². The minimum atomic E-state index is -5.08. The smallest absolute Gasteiger partial charge is 0.475 e. The maximum absolute atomic E-state index is 13.2. The number of hydrogen-bond acceptors (Lipinski definition) is 5. The molecule has 0 spiro atoms. The molecule has 30 heavy (non-hydrogen) atoms. The number of carbonyl (C=O) groups excluding carboxylic acids is 1. The van der Waals surface area contributed by atoms with Crippen LogP contribution < -0.4 is 0 Å². The monoisotopic (exact) mass is 426 g/mol. The first-order valence-corrected chi connectivity index (χ1v) is 9.33. The Labute approximate surface area is 170 Å². The number of carboxylic acids is 1. The Morgan fingerprint density at radius 2 is 1.93 bits per heavy atom. The lowest BCUT2D eigenvalue weighted by molar-refractivity contribution is -0.192. The minimum Gasteiger partial charge on any atom is -0.475 e. The van der Waals surface area contributed by atoms with Crippen LogP contribution in [0.3, 0.4) is 0 Å². The fraction of sp³-hybridized carbons (Fsp3) is 0.450. The van der Waals surface area contributed by atoms with Gasteiger partial charge in [-0.1, -0.05) is 18.2 Å². The number of halogens is 3. The van der Waals surface area contributed by atoms with Crippen molar-refractivity contribution in [2.45, 2.75) is 37.3 Å². The lowest BCUT2D eigenvalue weighted by atomic mass is 10.1. The van der Waals surface area contributed by atoms with E-state index in [0.29, 0.717) is 18.7 Å². The number of aromatic nitrogens is 1. The largest absolute Gasteiger partial charge is 0.490 e. The number of nitrogens with zero attached hydrogens (tertiary/aromatic N) is 2. The number of methoxy groups -OCH3 is 1. The van der Waals surface area contributed by atoms with Gasteiger partial charge in [-0.15, -0.1) is 0 Å². The summed E-state index contributed by atoms with van der Waals surface area (Å²) in [4.78, 5) is 28.4. The molecule has 162 valence electrons. The molecule has 7 nitrogen and oxygen atoms in total. The van der Waals surface area contributed by atoms with Crippen molar-refractivity contribution >= 4 is 22.8 Å². The van der Waals surface area contributed by atoms with E-state index < -0.39 is 12.1 Å². The molecule has 2 fully saturated rings. The molecule has 1 aromatic carbocycles. The fourth-order valence-electron chi connectivity index (χ4n) is 3.89. The quantitative estimate of drug-likeness (QED) is 0.795. The highest BCUT2D eigenvalue weighted by atomic mass is 19.4. The van der Waals surface area contributed by atoms with Crippen LogP contribution in [-0.4, -0.2) is 71.6 Å². The molecule has 1 amide bonds. The van der Waals surface area contributed by atoms with E-state index in [0.717, 1.165) is 23.7 Å². The van der Waals surface area contributed by atoms with Gasteiger partial charge >= 0.3 is 12.1 Å². The number of alkyl halides is 3. The second kappa shape index (κ2) is 8.97. The van der Waals surface area contributed by atoms with Gasteiger partial charge in [-0.2, -0.15) is 13.2 Å². The number of pyridine rings is 1. The molecule has 1 aliphatic heterocycles. The van der Waals surface area contributed by atoms with E-state index >= 15 is 0 Å². The third kappa shape index (κ3) is 4.54. The molecule has 3 unspecified atom stereocenters. The summed E-state index contributed by atoms with van der Waals surface area (Å²) in [7, 11) is 1.70. The highest BCUT2D eigenvalue weighted by molar-refractivity contribution is 6.06. The lowest BCUT2D eigenvalue weighted by Crippen LogP contribution is -2.46. The van der Waals surface area contributed by atoms with E-state index in [1.807, 2.05) is 35.2 Å². The Bertz CT molecular complexity index is 915. The molecule has 3 atom stereocenters. The zero-order valence-electron chi connectivity index (χ0n) is 16.1. The Morgan fingerprint density at radius 3 is 2.60 bits per heavy atom. The fourth-order valence-corrected chi connectivity index (χ4v) is 3.89. The van der Waals surface area contributed by atoms with Gasteiger partial charge in [0.2, 0.25) is 0 Å². The molecule has 0 radical (unpaired) electrons. The van der Waals surface area contributed by atoms with Crippen molar-refractivity contribution in [2.24, 2.45) is 0 Å². The van der Waals surface area contributed by atoms with Crippen LogP contribution in [0.5, 0.6) is 0 Å². The molecule has 1 aliphatic carbocycles. The molecule has 1 N–H and O–H groups in total. The van der Waals surface area contributed by atoms with Gasteiger partial charge in [-0.25, -0.2) is 4.79 Å². The SMILES string of the molecule is COC1C2CCC1N(C(=O)c1ccnc3ccccc13)CCO2.O=C(O)C(F)(F)F. The molecule has 2 bridgehead atoms. The molecule has 2 heterocycles. The van der Waals surface area contributed by atoms with Crippen molar-refractivity contribution in [3.8, 4) is 0 Å². The van der Waals surface area contributed by atoms with Crippen LogP contribution in [-0.2, 0) is 14.3 Å². The van der Waals surface area contributed by atoms with Crippen LogP contribution in [0.2, 0.25) is 0 Å². The number of ether oxygens (including phenoxy) is 2. The van der Waals surface area contributed by atoms with Crippen LogP contribution in [0.25, 0.3) is 10.9 Å². The van der Waals surface area contributed by atoms with Crippen molar-refractivity contribution in [1.82, 2.24) is 9.88 Å². The Balaban J connectivity index is 0.000000318. The summed E-state index contributed by atoms with van der Waals surface area (Å²) in [6.07, 6.45) is -1.43. The Kier molecular flexibility index (Phi) is 6.57. The number of benzene rings is 1. The second-order valence-corrected chi connectivity index (χ2v) is 6.93. The van der Waals surface area contributed by atoms with Gasteiger partial charge in [0.05, 0.1) is 29.8 Å². The summed E-state index contributed by atoms with van der Waals surface area (Å²) in [5, 5.41) is 8.02. The van der Waals surface area contributed by atoms with E-state index in [1.165, 1.54) is 0 Å². The lowest BCUT2D eigenvalue weighted by Gasteiger charge is -2.31. The summed E-state index contributed by atoms with van der Waals surface area (Å²) in [5.74, 6) is -2.71. The first kappa shape index (κ1) is 22.0. The van der Waals surface area contributed by atoms with Crippen LogP contribution in [0.15, 0.2) is 36.5 Å². The summed E-state index contributed by atoms with van der Waals surface area (Å²) in [6.45, 7) is 1.17. The number of amides is 1. The van der Waals surface area contributed by atoms with Gasteiger partial charge in [0, 0.05) is 25.2 Å². The predicted molar refractivity (Wildman–Crippen MR) is 100 cm³/mol. The number of aliphatic carboxylic acids is 1. The third-order valence-corrected chi connectivity index (χ3v) is 5.21. The van der Waals surface area contributed by atoms with Crippen molar-refractivity contribution < 1.29 is 37.3 Å². The van der Waals surface area contributed by atoms with E-state index in [-0.39, 0.29) is 24.2 Å². The van der Waals surface area contributed by atoms with E-state index in [1.54, 1.807) is 13.3 Å².